The number of anilines is 1. The van der Waals surface area contributed by atoms with Crippen molar-refractivity contribution in [3.8, 4) is 0 Å². The van der Waals surface area contributed by atoms with Crippen molar-refractivity contribution in [1.29, 1.82) is 0 Å². The van der Waals surface area contributed by atoms with E-state index in [1.807, 2.05) is 43.3 Å². The fourth-order valence-corrected chi connectivity index (χ4v) is 3.88. The van der Waals surface area contributed by atoms with Gasteiger partial charge in [-0.15, -0.1) is 0 Å². The Morgan fingerprint density at radius 2 is 1.89 bits per heavy atom. The Balaban J connectivity index is 1.84. The van der Waals surface area contributed by atoms with E-state index in [4.69, 9.17) is 4.74 Å². The third kappa shape index (κ3) is 4.43. The Bertz CT molecular complexity index is 740. The van der Waals surface area contributed by atoms with Crippen LogP contribution in [0.3, 0.4) is 0 Å². The molecule has 2 aliphatic rings. The molecule has 6 nitrogen and oxygen atoms in total. The minimum Gasteiger partial charge on any atom is -0.459 e. The maximum Gasteiger partial charge on any atom is 0.338 e. The van der Waals surface area contributed by atoms with Gasteiger partial charge in [-0.05, 0) is 49.8 Å². The molecule has 1 saturated carbocycles. The van der Waals surface area contributed by atoms with Gasteiger partial charge >= 0.3 is 12.0 Å². The van der Waals surface area contributed by atoms with E-state index in [2.05, 4.69) is 17.6 Å². The van der Waals surface area contributed by atoms with Crippen LogP contribution in [0.1, 0.15) is 51.1 Å². The van der Waals surface area contributed by atoms with Crippen LogP contribution in [-0.4, -0.2) is 32.2 Å². The number of hydrogen-bond donors (Lipinski definition) is 2. The van der Waals surface area contributed by atoms with Crippen molar-refractivity contribution in [1.82, 2.24) is 10.6 Å². The summed E-state index contributed by atoms with van der Waals surface area (Å²) in [5, 5.41) is 5.57. The molecule has 0 aromatic heterocycles. The van der Waals surface area contributed by atoms with Gasteiger partial charge in [-0.2, -0.15) is 0 Å². The highest BCUT2D eigenvalue weighted by molar-refractivity contribution is 5.95. The minimum atomic E-state index is -0.511. The predicted molar refractivity (Wildman–Crippen MR) is 105 cm³/mol. The summed E-state index contributed by atoms with van der Waals surface area (Å²) >= 11 is 0. The van der Waals surface area contributed by atoms with Crippen LogP contribution in [-0.2, 0) is 9.53 Å². The summed E-state index contributed by atoms with van der Waals surface area (Å²) in [4.78, 5) is 27.0. The fourth-order valence-electron chi connectivity index (χ4n) is 3.88. The van der Waals surface area contributed by atoms with Gasteiger partial charge in [0.15, 0.2) is 0 Å². The van der Waals surface area contributed by atoms with Crippen LogP contribution >= 0.6 is 0 Å². The molecule has 1 fully saturated rings. The van der Waals surface area contributed by atoms with Crippen LogP contribution in [0.5, 0.6) is 0 Å². The lowest BCUT2D eigenvalue weighted by atomic mass is 9.88. The summed E-state index contributed by atoms with van der Waals surface area (Å²) in [6.07, 6.45) is 4.04. The highest BCUT2D eigenvalue weighted by Crippen LogP contribution is 2.31. The Morgan fingerprint density at radius 1 is 1.19 bits per heavy atom. The molecule has 3 rings (SSSR count). The number of esters is 1. The zero-order valence-electron chi connectivity index (χ0n) is 16.5. The van der Waals surface area contributed by atoms with Gasteiger partial charge in [0.2, 0.25) is 0 Å². The van der Waals surface area contributed by atoms with Crippen LogP contribution in [0.4, 0.5) is 10.5 Å². The van der Waals surface area contributed by atoms with Gasteiger partial charge in [0.1, 0.15) is 6.10 Å². The molecule has 1 heterocycles. The highest BCUT2D eigenvalue weighted by atomic mass is 16.5. The van der Waals surface area contributed by atoms with E-state index >= 15 is 0 Å². The quantitative estimate of drug-likeness (QED) is 0.795. The van der Waals surface area contributed by atoms with Crippen LogP contribution < -0.4 is 15.5 Å². The second kappa shape index (κ2) is 8.03. The number of hydrogen-bond acceptors (Lipinski definition) is 4. The summed E-state index contributed by atoms with van der Waals surface area (Å²) in [6, 6.07) is 7.01. The lowest BCUT2D eigenvalue weighted by Crippen LogP contribution is -2.45. The smallest absolute Gasteiger partial charge is 0.338 e. The first-order valence-corrected chi connectivity index (χ1v) is 9.61. The molecule has 1 aliphatic carbocycles. The largest absolute Gasteiger partial charge is 0.459 e. The zero-order chi connectivity index (χ0) is 19.6. The van der Waals surface area contributed by atoms with Crippen molar-refractivity contribution in [2.45, 2.75) is 51.7 Å². The number of carbonyl (C=O) groups is 2. The van der Waals surface area contributed by atoms with Gasteiger partial charge in [0.05, 0.1) is 11.6 Å². The van der Waals surface area contributed by atoms with Crippen molar-refractivity contribution in [3.63, 3.8) is 0 Å². The predicted octanol–water partition coefficient (Wildman–Crippen LogP) is 3.50. The second-order valence-electron chi connectivity index (χ2n) is 7.86. The topological polar surface area (TPSA) is 70.7 Å². The average Bonchev–Trinajstić information content (AvgIpc) is 2.61. The maximum absolute atomic E-state index is 13.0. The first-order valence-electron chi connectivity index (χ1n) is 9.61. The fraction of sp³-hybridized carbons (Fsp3) is 0.524. The summed E-state index contributed by atoms with van der Waals surface area (Å²) in [5.41, 5.74) is 2.94. The number of ether oxygens (including phenoxy) is 1. The number of nitrogens with zero attached hydrogens (tertiary/aromatic N) is 1. The minimum absolute atomic E-state index is 0.0454. The molecule has 1 aromatic carbocycles. The molecule has 3 atom stereocenters. The summed E-state index contributed by atoms with van der Waals surface area (Å²) < 4.78 is 5.82. The molecule has 0 saturated heterocycles. The van der Waals surface area contributed by atoms with E-state index in [9.17, 15) is 9.59 Å². The van der Waals surface area contributed by atoms with E-state index in [0.29, 0.717) is 17.2 Å². The molecule has 27 heavy (non-hydrogen) atoms. The SMILES string of the molecule is CC1=C(C(=O)O[C@@H]2CCC[C@@H](C)C2)[C@H](c2ccc(N(C)C)cc2)NC(=O)N1. The summed E-state index contributed by atoms with van der Waals surface area (Å²) in [5.74, 6) is 0.228. The first-order chi connectivity index (χ1) is 12.8. The number of carbonyl (C=O) groups excluding carboxylic acids is 2. The Labute approximate surface area is 161 Å². The molecule has 1 aliphatic heterocycles. The lowest BCUT2D eigenvalue weighted by molar-refractivity contribution is -0.146. The van der Waals surface area contributed by atoms with Crippen molar-refractivity contribution in [2.24, 2.45) is 5.92 Å². The molecular formula is C21H29N3O3. The molecule has 1 aromatic rings. The van der Waals surface area contributed by atoms with Crippen molar-refractivity contribution >= 4 is 17.7 Å². The number of amides is 2. The Kier molecular flexibility index (Phi) is 5.73. The monoisotopic (exact) mass is 371 g/mol. The number of urea groups is 1. The number of allylic oxidation sites excluding steroid dienone is 1. The van der Waals surface area contributed by atoms with Crippen LogP contribution in [0.2, 0.25) is 0 Å². The summed E-state index contributed by atoms with van der Waals surface area (Å²) in [7, 11) is 3.94. The molecule has 2 N–H and O–H groups in total. The maximum atomic E-state index is 13.0. The molecule has 146 valence electrons. The van der Waals surface area contributed by atoms with Gasteiger partial charge in [0, 0.05) is 25.5 Å². The normalized spacial score (nSPS) is 25.5. The number of benzene rings is 1. The number of rotatable bonds is 4. The van der Waals surface area contributed by atoms with E-state index in [0.717, 1.165) is 30.5 Å². The number of nitrogens with one attached hydrogen (secondary N) is 2. The van der Waals surface area contributed by atoms with Crippen LogP contribution in [0, 0.1) is 5.92 Å². The summed E-state index contributed by atoms with van der Waals surface area (Å²) in [6.45, 7) is 3.95. The zero-order valence-corrected chi connectivity index (χ0v) is 16.5. The molecular weight excluding hydrogens is 342 g/mol. The van der Waals surface area contributed by atoms with Crippen molar-refractivity contribution in [2.75, 3.05) is 19.0 Å². The molecule has 0 radical (unpaired) electrons. The van der Waals surface area contributed by atoms with Crippen LogP contribution in [0.25, 0.3) is 0 Å². The van der Waals surface area contributed by atoms with E-state index in [-0.39, 0.29) is 18.1 Å². The highest BCUT2D eigenvalue weighted by Gasteiger charge is 2.34. The Hall–Kier alpha value is -2.50. The molecule has 0 spiro atoms. The molecule has 2 amide bonds. The standard InChI is InChI=1S/C21H29N3O3/c1-13-6-5-7-17(12-13)27-20(25)18-14(2)22-21(26)23-19(18)15-8-10-16(11-9-15)24(3)4/h8-11,13,17,19H,5-7,12H2,1-4H3,(H2,22,23,26)/t13-,17-,19+/m1/s1. The van der Waals surface area contributed by atoms with Crippen molar-refractivity contribution in [3.05, 3.63) is 41.1 Å². The first kappa shape index (κ1) is 19.3. The van der Waals surface area contributed by atoms with E-state index < -0.39 is 6.04 Å². The van der Waals surface area contributed by atoms with Gasteiger partial charge in [0.25, 0.3) is 0 Å². The van der Waals surface area contributed by atoms with Gasteiger partial charge < -0.3 is 20.3 Å². The van der Waals surface area contributed by atoms with Gasteiger partial charge in [-0.25, -0.2) is 9.59 Å². The van der Waals surface area contributed by atoms with Crippen molar-refractivity contribution < 1.29 is 14.3 Å². The van der Waals surface area contributed by atoms with Crippen LogP contribution in [0.15, 0.2) is 35.5 Å². The lowest BCUT2D eigenvalue weighted by Gasteiger charge is -2.31. The third-order valence-electron chi connectivity index (χ3n) is 5.39. The Morgan fingerprint density at radius 3 is 2.52 bits per heavy atom. The van der Waals surface area contributed by atoms with Gasteiger partial charge in [-0.3, -0.25) is 0 Å². The van der Waals surface area contributed by atoms with E-state index in [1.165, 1.54) is 6.42 Å². The second-order valence-corrected chi connectivity index (χ2v) is 7.86. The third-order valence-corrected chi connectivity index (χ3v) is 5.39. The van der Waals surface area contributed by atoms with Gasteiger partial charge in [-0.1, -0.05) is 25.5 Å². The molecule has 6 heteroatoms. The van der Waals surface area contributed by atoms with E-state index in [1.54, 1.807) is 6.92 Å². The molecule has 0 unspecified atom stereocenters. The average molecular weight is 371 g/mol. The molecule has 0 bridgehead atoms.